The summed E-state index contributed by atoms with van der Waals surface area (Å²) < 4.78 is 1.82. The van der Waals surface area contributed by atoms with Gasteiger partial charge >= 0.3 is 0 Å². The second kappa shape index (κ2) is 3.14. The molecule has 0 atom stereocenters. The lowest BCUT2D eigenvalue weighted by Crippen LogP contribution is -2.02. The molecule has 2 N–H and O–H groups in total. The van der Waals surface area contributed by atoms with E-state index < -0.39 is 0 Å². The maximum absolute atomic E-state index is 5.70. The van der Waals surface area contributed by atoms with Gasteiger partial charge in [-0.2, -0.15) is 0 Å². The molecule has 2 rings (SSSR count). The molecule has 0 amide bonds. The third kappa shape index (κ3) is 1.35. The van der Waals surface area contributed by atoms with Crippen molar-refractivity contribution >= 4 is 5.95 Å². The first-order valence-electron chi connectivity index (χ1n) is 4.43. The predicted molar refractivity (Wildman–Crippen MR) is 55.2 cm³/mol. The molecule has 14 heavy (non-hydrogen) atoms. The molecule has 0 unspecified atom stereocenters. The number of nitrogen functional groups attached to an aromatic ring is 1. The van der Waals surface area contributed by atoms with Crippen molar-refractivity contribution in [2.45, 2.75) is 13.8 Å². The smallest absolute Gasteiger partial charge is 0.226 e. The molecular weight excluding hydrogens is 176 g/mol. The average molecular weight is 188 g/mol. The molecule has 0 aliphatic carbocycles. The van der Waals surface area contributed by atoms with Crippen molar-refractivity contribution in [1.82, 2.24) is 14.8 Å². The summed E-state index contributed by atoms with van der Waals surface area (Å²) in [7, 11) is 0. The highest BCUT2D eigenvalue weighted by molar-refractivity contribution is 5.40. The van der Waals surface area contributed by atoms with Crippen molar-refractivity contribution in [2.24, 2.45) is 0 Å². The summed E-state index contributed by atoms with van der Waals surface area (Å²) in [4.78, 5) is 0. The Kier molecular flexibility index (Phi) is 1.96. The largest absolute Gasteiger partial charge is 0.368 e. The van der Waals surface area contributed by atoms with Crippen LogP contribution >= 0.6 is 0 Å². The van der Waals surface area contributed by atoms with Gasteiger partial charge in [0.25, 0.3) is 0 Å². The molecule has 2 aromatic rings. The number of hydrogen-bond donors (Lipinski definition) is 1. The van der Waals surface area contributed by atoms with E-state index in [0.717, 1.165) is 11.5 Å². The van der Waals surface area contributed by atoms with Gasteiger partial charge in [0.05, 0.1) is 5.69 Å². The second-order valence-corrected chi connectivity index (χ2v) is 3.28. The quantitative estimate of drug-likeness (QED) is 0.737. The van der Waals surface area contributed by atoms with E-state index in [1.165, 1.54) is 5.56 Å². The topological polar surface area (TPSA) is 56.7 Å². The zero-order valence-electron chi connectivity index (χ0n) is 8.23. The molecule has 0 saturated heterocycles. The Morgan fingerprint density at radius 2 is 1.71 bits per heavy atom. The first-order chi connectivity index (χ1) is 6.68. The summed E-state index contributed by atoms with van der Waals surface area (Å²) in [5.41, 5.74) is 7.92. The molecule has 0 radical (unpaired) electrons. The van der Waals surface area contributed by atoms with Crippen LogP contribution < -0.4 is 5.73 Å². The summed E-state index contributed by atoms with van der Waals surface area (Å²) in [5.74, 6) is 1.22. The molecule has 1 aromatic carbocycles. The Morgan fingerprint density at radius 1 is 1.07 bits per heavy atom. The van der Waals surface area contributed by atoms with Gasteiger partial charge in [0.15, 0.2) is 0 Å². The Balaban J connectivity index is 2.54. The zero-order chi connectivity index (χ0) is 10.1. The lowest BCUT2D eigenvalue weighted by molar-refractivity contribution is 0.972. The van der Waals surface area contributed by atoms with Crippen molar-refractivity contribution in [3.8, 4) is 5.69 Å². The van der Waals surface area contributed by atoms with Gasteiger partial charge in [0.2, 0.25) is 5.95 Å². The number of anilines is 1. The molecule has 4 heteroatoms. The number of aryl methyl sites for hydroxylation is 2. The third-order valence-electron chi connectivity index (χ3n) is 2.14. The fraction of sp³-hybridized carbons (Fsp3) is 0.200. The van der Waals surface area contributed by atoms with E-state index in [2.05, 4.69) is 10.2 Å². The summed E-state index contributed by atoms with van der Waals surface area (Å²) >= 11 is 0. The number of rotatable bonds is 1. The molecule has 0 spiro atoms. The van der Waals surface area contributed by atoms with E-state index in [0.29, 0.717) is 5.95 Å². The summed E-state index contributed by atoms with van der Waals surface area (Å²) in [6.07, 6.45) is 0. The number of aromatic nitrogens is 3. The average Bonchev–Trinajstić information content (AvgIpc) is 2.49. The van der Waals surface area contributed by atoms with Crippen LogP contribution in [0.5, 0.6) is 0 Å². The molecule has 4 nitrogen and oxygen atoms in total. The van der Waals surface area contributed by atoms with E-state index in [1.54, 1.807) is 0 Å². The van der Waals surface area contributed by atoms with Gasteiger partial charge in [-0.1, -0.05) is 17.7 Å². The van der Waals surface area contributed by atoms with Gasteiger partial charge in [-0.25, -0.2) is 0 Å². The van der Waals surface area contributed by atoms with Gasteiger partial charge in [0, 0.05) is 0 Å². The van der Waals surface area contributed by atoms with E-state index in [1.807, 2.05) is 42.7 Å². The van der Waals surface area contributed by atoms with Gasteiger partial charge < -0.3 is 5.73 Å². The Labute approximate surface area is 82.4 Å². The van der Waals surface area contributed by atoms with Crippen LogP contribution in [0.3, 0.4) is 0 Å². The van der Waals surface area contributed by atoms with Crippen LogP contribution in [0, 0.1) is 13.8 Å². The van der Waals surface area contributed by atoms with Crippen LogP contribution in [0.25, 0.3) is 5.69 Å². The summed E-state index contributed by atoms with van der Waals surface area (Å²) in [6, 6.07) is 8.08. The lowest BCUT2D eigenvalue weighted by Gasteiger charge is -2.05. The van der Waals surface area contributed by atoms with Gasteiger partial charge in [0.1, 0.15) is 5.82 Å². The molecule has 0 bridgehead atoms. The minimum absolute atomic E-state index is 0.423. The second-order valence-electron chi connectivity index (χ2n) is 3.28. The van der Waals surface area contributed by atoms with Crippen LogP contribution in [0.1, 0.15) is 11.4 Å². The number of hydrogen-bond acceptors (Lipinski definition) is 3. The first-order valence-corrected chi connectivity index (χ1v) is 4.43. The fourth-order valence-electron chi connectivity index (χ4n) is 1.39. The molecule has 0 saturated carbocycles. The molecular formula is C10H12N4. The number of benzene rings is 1. The van der Waals surface area contributed by atoms with Gasteiger partial charge in [-0.05, 0) is 26.0 Å². The van der Waals surface area contributed by atoms with Crippen LogP contribution in [0.2, 0.25) is 0 Å². The van der Waals surface area contributed by atoms with Gasteiger partial charge in [-0.3, -0.25) is 4.57 Å². The lowest BCUT2D eigenvalue weighted by atomic mass is 10.2. The molecule has 0 aliphatic rings. The maximum Gasteiger partial charge on any atom is 0.226 e. The standard InChI is InChI=1S/C10H12N4/c1-7-3-5-9(6-4-7)14-8(2)12-13-10(14)11/h3-6H,1-2H3,(H2,11,13). The molecule has 1 aromatic heterocycles. The highest BCUT2D eigenvalue weighted by Gasteiger charge is 2.06. The van der Waals surface area contributed by atoms with E-state index in [-0.39, 0.29) is 0 Å². The van der Waals surface area contributed by atoms with Crippen LogP contribution in [0.15, 0.2) is 24.3 Å². The molecule has 72 valence electrons. The molecule has 0 fully saturated rings. The van der Waals surface area contributed by atoms with Crippen molar-refractivity contribution in [3.05, 3.63) is 35.7 Å². The van der Waals surface area contributed by atoms with Gasteiger partial charge in [-0.15, -0.1) is 10.2 Å². The first kappa shape index (κ1) is 8.74. The monoisotopic (exact) mass is 188 g/mol. The number of nitrogens with zero attached hydrogens (tertiary/aromatic N) is 3. The summed E-state index contributed by atoms with van der Waals surface area (Å²) in [5, 5.41) is 7.71. The highest BCUT2D eigenvalue weighted by atomic mass is 15.3. The molecule has 1 heterocycles. The minimum atomic E-state index is 0.423. The van der Waals surface area contributed by atoms with Crippen LogP contribution in [0.4, 0.5) is 5.95 Å². The predicted octanol–water partition coefficient (Wildman–Crippen LogP) is 1.47. The summed E-state index contributed by atoms with van der Waals surface area (Å²) in [6.45, 7) is 3.93. The van der Waals surface area contributed by atoms with Crippen molar-refractivity contribution < 1.29 is 0 Å². The molecule has 0 aliphatic heterocycles. The van der Waals surface area contributed by atoms with Crippen LogP contribution in [-0.2, 0) is 0 Å². The highest BCUT2D eigenvalue weighted by Crippen LogP contribution is 2.14. The fourth-order valence-corrected chi connectivity index (χ4v) is 1.39. The number of nitrogens with two attached hydrogens (primary N) is 1. The van der Waals surface area contributed by atoms with E-state index >= 15 is 0 Å². The maximum atomic E-state index is 5.70. The van der Waals surface area contributed by atoms with Crippen molar-refractivity contribution in [2.75, 3.05) is 5.73 Å². The Hall–Kier alpha value is -1.84. The van der Waals surface area contributed by atoms with E-state index in [9.17, 15) is 0 Å². The van der Waals surface area contributed by atoms with Crippen LogP contribution in [-0.4, -0.2) is 14.8 Å². The SMILES string of the molecule is Cc1ccc(-n2c(C)nnc2N)cc1. The Bertz CT molecular complexity index is 422. The zero-order valence-corrected chi connectivity index (χ0v) is 8.23. The minimum Gasteiger partial charge on any atom is -0.368 e. The third-order valence-corrected chi connectivity index (χ3v) is 2.14. The normalized spacial score (nSPS) is 10.4. The Morgan fingerprint density at radius 3 is 2.21 bits per heavy atom. The van der Waals surface area contributed by atoms with Crippen molar-refractivity contribution in [1.29, 1.82) is 0 Å². The van der Waals surface area contributed by atoms with E-state index in [4.69, 9.17) is 5.73 Å². The van der Waals surface area contributed by atoms with Crippen molar-refractivity contribution in [3.63, 3.8) is 0 Å².